The summed E-state index contributed by atoms with van der Waals surface area (Å²) in [5, 5.41) is 13.0. The van der Waals surface area contributed by atoms with E-state index in [-0.39, 0.29) is 0 Å². The zero-order valence-corrected chi connectivity index (χ0v) is 15.0. The van der Waals surface area contributed by atoms with Gasteiger partial charge in [-0.3, -0.25) is 0 Å². The Balaban J connectivity index is 1.72. The van der Waals surface area contributed by atoms with Crippen LogP contribution in [-0.2, 0) is 12.8 Å². The van der Waals surface area contributed by atoms with E-state index in [1.165, 1.54) is 11.1 Å². The highest BCUT2D eigenvalue weighted by Crippen LogP contribution is 2.18. The number of para-hydroxylation sites is 1. The van der Waals surface area contributed by atoms with Gasteiger partial charge in [-0.1, -0.05) is 37.3 Å². The van der Waals surface area contributed by atoms with Gasteiger partial charge in [-0.15, -0.1) is 0 Å². The Morgan fingerprint density at radius 1 is 1.00 bits per heavy atom. The maximum Gasteiger partial charge on any atom is 0.122 e. The molecule has 0 fully saturated rings. The highest BCUT2D eigenvalue weighted by atomic mass is 16.5. The standard InChI is InChI=1S/C21H29NO2/c1-4-19-7-5-6-8-21(19)24-14-13-16(2)22-17(3)15-18-9-11-20(23)12-10-18/h5-12,16-17,22-23H,4,13-15H2,1-3H3. The largest absolute Gasteiger partial charge is 0.508 e. The van der Waals surface area contributed by atoms with E-state index >= 15 is 0 Å². The van der Waals surface area contributed by atoms with Gasteiger partial charge in [-0.25, -0.2) is 0 Å². The molecular weight excluding hydrogens is 298 g/mol. The van der Waals surface area contributed by atoms with Gasteiger partial charge < -0.3 is 15.2 Å². The fraction of sp³-hybridized carbons (Fsp3) is 0.429. The van der Waals surface area contributed by atoms with Crippen LogP contribution in [0.2, 0.25) is 0 Å². The van der Waals surface area contributed by atoms with Crippen molar-refractivity contribution in [3.63, 3.8) is 0 Å². The van der Waals surface area contributed by atoms with Crippen LogP contribution in [0, 0.1) is 0 Å². The van der Waals surface area contributed by atoms with Gasteiger partial charge >= 0.3 is 0 Å². The minimum atomic E-state index is 0.317. The first-order chi connectivity index (χ1) is 11.6. The fourth-order valence-electron chi connectivity index (χ4n) is 2.90. The van der Waals surface area contributed by atoms with Crippen LogP contribution in [0.4, 0.5) is 0 Å². The smallest absolute Gasteiger partial charge is 0.122 e. The first-order valence-electron chi connectivity index (χ1n) is 8.83. The average molecular weight is 327 g/mol. The number of phenols is 1. The summed E-state index contributed by atoms with van der Waals surface area (Å²) in [7, 11) is 0. The number of hydrogen-bond donors (Lipinski definition) is 2. The van der Waals surface area contributed by atoms with E-state index in [4.69, 9.17) is 4.74 Å². The second-order valence-electron chi connectivity index (χ2n) is 6.44. The van der Waals surface area contributed by atoms with Gasteiger partial charge in [0.15, 0.2) is 0 Å². The van der Waals surface area contributed by atoms with Crippen LogP contribution in [-0.4, -0.2) is 23.8 Å². The third kappa shape index (κ3) is 5.89. The third-order valence-corrected chi connectivity index (χ3v) is 4.21. The molecule has 0 amide bonds. The fourth-order valence-corrected chi connectivity index (χ4v) is 2.90. The molecule has 0 spiro atoms. The van der Waals surface area contributed by atoms with Crippen molar-refractivity contribution in [1.82, 2.24) is 5.32 Å². The van der Waals surface area contributed by atoms with Crippen molar-refractivity contribution in [2.45, 2.75) is 52.1 Å². The lowest BCUT2D eigenvalue weighted by atomic mass is 10.1. The summed E-state index contributed by atoms with van der Waals surface area (Å²) in [5.41, 5.74) is 2.49. The van der Waals surface area contributed by atoms with Crippen LogP contribution in [0.1, 0.15) is 38.3 Å². The summed E-state index contributed by atoms with van der Waals surface area (Å²) in [4.78, 5) is 0. The van der Waals surface area contributed by atoms with E-state index in [0.717, 1.165) is 31.6 Å². The maximum atomic E-state index is 9.34. The van der Waals surface area contributed by atoms with Crippen LogP contribution < -0.4 is 10.1 Å². The third-order valence-electron chi connectivity index (χ3n) is 4.21. The van der Waals surface area contributed by atoms with Crippen molar-refractivity contribution < 1.29 is 9.84 Å². The Bertz CT molecular complexity index is 609. The van der Waals surface area contributed by atoms with Crippen LogP contribution in [0.15, 0.2) is 48.5 Å². The monoisotopic (exact) mass is 327 g/mol. The lowest BCUT2D eigenvalue weighted by molar-refractivity contribution is 0.282. The molecule has 2 aromatic rings. The number of phenolic OH excluding ortho intramolecular Hbond substituents is 1. The Hall–Kier alpha value is -2.00. The van der Waals surface area contributed by atoms with Crippen molar-refractivity contribution in [3.05, 3.63) is 59.7 Å². The predicted octanol–water partition coefficient (Wildman–Crippen LogP) is 4.33. The zero-order chi connectivity index (χ0) is 17.4. The molecule has 3 nitrogen and oxygen atoms in total. The highest BCUT2D eigenvalue weighted by Gasteiger charge is 2.09. The molecule has 2 atom stereocenters. The van der Waals surface area contributed by atoms with Crippen molar-refractivity contribution in [2.24, 2.45) is 0 Å². The normalized spacial score (nSPS) is 13.5. The maximum absolute atomic E-state index is 9.34. The first-order valence-corrected chi connectivity index (χ1v) is 8.83. The lowest BCUT2D eigenvalue weighted by Crippen LogP contribution is -2.36. The molecular formula is C21H29NO2. The average Bonchev–Trinajstić information content (AvgIpc) is 2.57. The second kappa shape index (κ2) is 9.33. The summed E-state index contributed by atoms with van der Waals surface area (Å²) in [6.07, 6.45) is 2.91. The van der Waals surface area contributed by atoms with Crippen LogP contribution >= 0.6 is 0 Å². The lowest BCUT2D eigenvalue weighted by Gasteiger charge is -2.20. The summed E-state index contributed by atoms with van der Waals surface area (Å²) >= 11 is 0. The molecule has 0 saturated carbocycles. The molecule has 0 saturated heterocycles. The van der Waals surface area contributed by atoms with E-state index in [1.54, 1.807) is 12.1 Å². The number of aryl methyl sites for hydroxylation is 1. The number of ether oxygens (including phenoxy) is 1. The zero-order valence-electron chi connectivity index (χ0n) is 15.0. The molecule has 2 rings (SSSR count). The summed E-state index contributed by atoms with van der Waals surface area (Å²) < 4.78 is 5.94. The van der Waals surface area contributed by atoms with Gasteiger partial charge in [-0.05, 0) is 62.4 Å². The Morgan fingerprint density at radius 2 is 1.71 bits per heavy atom. The summed E-state index contributed by atoms with van der Waals surface area (Å²) in [5.74, 6) is 1.32. The SMILES string of the molecule is CCc1ccccc1OCCC(C)NC(C)Cc1ccc(O)cc1. The highest BCUT2D eigenvalue weighted by molar-refractivity contribution is 5.33. The number of hydrogen-bond acceptors (Lipinski definition) is 3. The minimum absolute atomic E-state index is 0.317. The number of aromatic hydroxyl groups is 1. The minimum Gasteiger partial charge on any atom is -0.508 e. The van der Waals surface area contributed by atoms with Crippen molar-refractivity contribution in [1.29, 1.82) is 0 Å². The molecule has 3 heteroatoms. The van der Waals surface area contributed by atoms with Gasteiger partial charge in [0.1, 0.15) is 11.5 Å². The molecule has 2 unspecified atom stereocenters. The molecule has 0 heterocycles. The van der Waals surface area contributed by atoms with Crippen molar-refractivity contribution in [3.8, 4) is 11.5 Å². The Kier molecular flexibility index (Phi) is 7.13. The molecule has 130 valence electrons. The second-order valence-corrected chi connectivity index (χ2v) is 6.44. The molecule has 0 aliphatic heterocycles. The van der Waals surface area contributed by atoms with Gasteiger partial charge in [0.05, 0.1) is 6.61 Å². The van der Waals surface area contributed by atoms with Gasteiger partial charge in [0.25, 0.3) is 0 Å². The molecule has 0 aromatic heterocycles. The van der Waals surface area contributed by atoms with Crippen molar-refractivity contribution >= 4 is 0 Å². The van der Waals surface area contributed by atoms with Crippen LogP contribution in [0.5, 0.6) is 11.5 Å². The number of rotatable bonds is 9. The number of nitrogens with one attached hydrogen (secondary N) is 1. The van der Waals surface area contributed by atoms with E-state index in [1.807, 2.05) is 24.3 Å². The van der Waals surface area contributed by atoms with E-state index < -0.39 is 0 Å². The van der Waals surface area contributed by atoms with Gasteiger partial charge in [0, 0.05) is 12.1 Å². The van der Waals surface area contributed by atoms with Gasteiger partial charge in [0.2, 0.25) is 0 Å². The molecule has 0 aliphatic carbocycles. The molecule has 2 N–H and O–H groups in total. The van der Waals surface area contributed by atoms with E-state index in [9.17, 15) is 5.11 Å². The van der Waals surface area contributed by atoms with E-state index in [2.05, 4.69) is 38.2 Å². The number of benzene rings is 2. The molecule has 0 radical (unpaired) electrons. The van der Waals surface area contributed by atoms with E-state index in [0.29, 0.717) is 17.8 Å². The molecule has 0 bridgehead atoms. The summed E-state index contributed by atoms with van der Waals surface area (Å²) in [6, 6.07) is 16.5. The Labute approximate surface area is 145 Å². The molecule has 24 heavy (non-hydrogen) atoms. The Morgan fingerprint density at radius 3 is 2.42 bits per heavy atom. The van der Waals surface area contributed by atoms with Crippen molar-refractivity contribution in [2.75, 3.05) is 6.61 Å². The topological polar surface area (TPSA) is 41.5 Å². The molecule has 2 aromatic carbocycles. The predicted molar refractivity (Wildman–Crippen MR) is 99.8 cm³/mol. The summed E-state index contributed by atoms with van der Waals surface area (Å²) in [6.45, 7) is 7.26. The first kappa shape index (κ1) is 18.3. The van der Waals surface area contributed by atoms with Crippen LogP contribution in [0.3, 0.4) is 0 Å². The van der Waals surface area contributed by atoms with Crippen LogP contribution in [0.25, 0.3) is 0 Å². The van der Waals surface area contributed by atoms with Gasteiger partial charge in [-0.2, -0.15) is 0 Å². The molecule has 0 aliphatic rings. The quantitative estimate of drug-likeness (QED) is 0.720.